The first-order chi connectivity index (χ1) is 7.52. The van der Waals surface area contributed by atoms with Crippen LogP contribution >= 0.6 is 0 Å². The van der Waals surface area contributed by atoms with Crippen molar-refractivity contribution in [3.8, 4) is 0 Å². The van der Waals surface area contributed by atoms with Gasteiger partial charge < -0.3 is 4.98 Å². The molecule has 0 atom stereocenters. The Morgan fingerprint density at radius 1 is 1.44 bits per heavy atom. The fourth-order valence-electron chi connectivity index (χ4n) is 1.35. The summed E-state index contributed by atoms with van der Waals surface area (Å²) in [5.74, 6) is 0.671. The van der Waals surface area contributed by atoms with Crippen LogP contribution in [0.3, 0.4) is 0 Å². The second kappa shape index (κ2) is 6.00. The molecule has 5 nitrogen and oxygen atoms in total. The summed E-state index contributed by atoms with van der Waals surface area (Å²) in [5.41, 5.74) is 0. The molecular formula is C10H19N3O2S. The number of nitrogens with one attached hydrogen (secondary N) is 2. The molecule has 0 unspecified atom stereocenters. The van der Waals surface area contributed by atoms with E-state index in [-0.39, 0.29) is 5.03 Å². The molecule has 0 radical (unpaired) electrons. The van der Waals surface area contributed by atoms with Gasteiger partial charge in [-0.1, -0.05) is 26.7 Å². The maximum absolute atomic E-state index is 11.6. The van der Waals surface area contributed by atoms with Crippen molar-refractivity contribution in [2.45, 2.75) is 38.1 Å². The third-order valence-electron chi connectivity index (χ3n) is 2.26. The molecule has 0 aliphatic heterocycles. The molecule has 0 amide bonds. The molecule has 0 aromatic carbocycles. The van der Waals surface area contributed by atoms with Crippen LogP contribution in [0.25, 0.3) is 0 Å². The number of aromatic nitrogens is 2. The minimum absolute atomic E-state index is 0.122. The molecule has 0 bridgehead atoms. The number of sulfonamides is 1. The van der Waals surface area contributed by atoms with E-state index in [0.717, 1.165) is 19.3 Å². The summed E-state index contributed by atoms with van der Waals surface area (Å²) in [6.07, 6.45) is 5.70. The molecule has 16 heavy (non-hydrogen) atoms. The average molecular weight is 245 g/mol. The van der Waals surface area contributed by atoms with Crippen LogP contribution in [0, 0.1) is 5.92 Å². The van der Waals surface area contributed by atoms with Crippen LogP contribution in [0.5, 0.6) is 0 Å². The fraction of sp³-hybridized carbons (Fsp3) is 0.700. The van der Waals surface area contributed by atoms with Gasteiger partial charge in [0.1, 0.15) is 0 Å². The van der Waals surface area contributed by atoms with E-state index in [1.165, 1.54) is 12.5 Å². The van der Waals surface area contributed by atoms with E-state index in [4.69, 9.17) is 0 Å². The zero-order valence-corrected chi connectivity index (χ0v) is 10.5. The monoisotopic (exact) mass is 245 g/mol. The minimum atomic E-state index is -3.39. The van der Waals surface area contributed by atoms with E-state index < -0.39 is 10.0 Å². The van der Waals surface area contributed by atoms with Crippen LogP contribution in [0.1, 0.15) is 33.1 Å². The van der Waals surface area contributed by atoms with Crippen LogP contribution in [0.2, 0.25) is 0 Å². The lowest BCUT2D eigenvalue weighted by Gasteiger charge is -2.05. The van der Waals surface area contributed by atoms with E-state index >= 15 is 0 Å². The van der Waals surface area contributed by atoms with Gasteiger partial charge in [0, 0.05) is 6.54 Å². The first-order valence-electron chi connectivity index (χ1n) is 5.50. The molecular weight excluding hydrogens is 226 g/mol. The normalized spacial score (nSPS) is 12.2. The molecule has 0 saturated carbocycles. The molecule has 0 aliphatic carbocycles. The highest BCUT2D eigenvalue weighted by Gasteiger charge is 2.13. The van der Waals surface area contributed by atoms with Gasteiger partial charge in [0.05, 0.1) is 12.5 Å². The molecule has 1 rings (SSSR count). The van der Waals surface area contributed by atoms with Crippen LogP contribution in [-0.4, -0.2) is 24.9 Å². The van der Waals surface area contributed by atoms with Gasteiger partial charge in [-0.05, 0) is 12.3 Å². The Kier molecular flexibility index (Phi) is 4.95. The van der Waals surface area contributed by atoms with Crippen molar-refractivity contribution < 1.29 is 8.42 Å². The summed E-state index contributed by atoms with van der Waals surface area (Å²) in [7, 11) is -3.39. The molecule has 0 saturated heterocycles. The zero-order valence-electron chi connectivity index (χ0n) is 9.73. The minimum Gasteiger partial charge on any atom is -0.335 e. The van der Waals surface area contributed by atoms with Gasteiger partial charge >= 0.3 is 0 Å². The maximum atomic E-state index is 11.6. The van der Waals surface area contributed by atoms with Crippen molar-refractivity contribution in [1.82, 2.24) is 14.7 Å². The van der Waals surface area contributed by atoms with Gasteiger partial charge in [0.25, 0.3) is 10.0 Å². The number of aromatic amines is 1. The molecule has 2 N–H and O–H groups in total. The third-order valence-corrected chi connectivity index (χ3v) is 3.65. The predicted molar refractivity (Wildman–Crippen MR) is 62.5 cm³/mol. The van der Waals surface area contributed by atoms with E-state index in [2.05, 4.69) is 28.5 Å². The molecule has 92 valence electrons. The van der Waals surface area contributed by atoms with Crippen molar-refractivity contribution in [3.63, 3.8) is 0 Å². The molecule has 0 aliphatic rings. The van der Waals surface area contributed by atoms with Crippen molar-refractivity contribution in [1.29, 1.82) is 0 Å². The lowest BCUT2D eigenvalue weighted by molar-refractivity contribution is 0.530. The van der Waals surface area contributed by atoms with Gasteiger partial charge in [-0.25, -0.2) is 18.1 Å². The number of hydrogen-bond donors (Lipinski definition) is 2. The van der Waals surface area contributed by atoms with Crippen molar-refractivity contribution >= 4 is 10.0 Å². The fourth-order valence-corrected chi connectivity index (χ4v) is 2.33. The number of nitrogens with zero attached hydrogens (tertiary/aromatic N) is 1. The Bertz CT molecular complexity index is 384. The topological polar surface area (TPSA) is 74.8 Å². The van der Waals surface area contributed by atoms with Crippen LogP contribution in [0.15, 0.2) is 17.6 Å². The second-order valence-electron chi connectivity index (χ2n) is 4.20. The van der Waals surface area contributed by atoms with Crippen LogP contribution < -0.4 is 4.72 Å². The highest BCUT2D eigenvalue weighted by molar-refractivity contribution is 7.89. The summed E-state index contributed by atoms with van der Waals surface area (Å²) >= 11 is 0. The van der Waals surface area contributed by atoms with Crippen molar-refractivity contribution in [3.05, 3.63) is 12.5 Å². The molecule has 0 spiro atoms. The molecule has 0 fully saturated rings. The van der Waals surface area contributed by atoms with Gasteiger partial charge in [0.2, 0.25) is 0 Å². The summed E-state index contributed by atoms with van der Waals surface area (Å²) < 4.78 is 25.8. The number of hydrogen-bond acceptors (Lipinski definition) is 3. The maximum Gasteiger partial charge on any atom is 0.257 e. The molecule has 6 heteroatoms. The molecule has 1 heterocycles. The molecule has 1 aromatic rings. The van der Waals surface area contributed by atoms with Gasteiger partial charge in [-0.3, -0.25) is 0 Å². The van der Waals surface area contributed by atoms with E-state index in [1.54, 1.807) is 0 Å². The lowest BCUT2D eigenvalue weighted by Crippen LogP contribution is -2.25. The van der Waals surface area contributed by atoms with Crippen LogP contribution in [0.4, 0.5) is 0 Å². The van der Waals surface area contributed by atoms with Crippen molar-refractivity contribution in [2.75, 3.05) is 6.54 Å². The van der Waals surface area contributed by atoms with Gasteiger partial charge in [-0.2, -0.15) is 0 Å². The van der Waals surface area contributed by atoms with Gasteiger partial charge in [0.15, 0.2) is 5.03 Å². The smallest absolute Gasteiger partial charge is 0.257 e. The zero-order chi connectivity index (χ0) is 12.0. The summed E-state index contributed by atoms with van der Waals surface area (Å²) in [6.45, 7) is 4.80. The van der Waals surface area contributed by atoms with E-state index in [9.17, 15) is 8.42 Å². The summed E-state index contributed by atoms with van der Waals surface area (Å²) in [4.78, 5) is 6.26. The Morgan fingerprint density at radius 2 is 2.19 bits per heavy atom. The van der Waals surface area contributed by atoms with Crippen LogP contribution in [-0.2, 0) is 10.0 Å². The lowest BCUT2D eigenvalue weighted by atomic mass is 10.1. The average Bonchev–Trinajstić information content (AvgIpc) is 2.69. The Labute approximate surface area is 96.7 Å². The Balaban J connectivity index is 2.28. The summed E-state index contributed by atoms with van der Waals surface area (Å²) in [6, 6.07) is 0. The highest BCUT2D eigenvalue weighted by Crippen LogP contribution is 2.06. The van der Waals surface area contributed by atoms with Crippen molar-refractivity contribution in [2.24, 2.45) is 5.92 Å². The second-order valence-corrected chi connectivity index (χ2v) is 5.94. The number of H-pyrrole nitrogens is 1. The first kappa shape index (κ1) is 13.2. The number of rotatable bonds is 7. The summed E-state index contributed by atoms with van der Waals surface area (Å²) in [5, 5.41) is 0.122. The number of unbranched alkanes of at least 4 members (excludes halogenated alkanes) is 1. The van der Waals surface area contributed by atoms with Gasteiger partial charge in [-0.15, -0.1) is 0 Å². The highest BCUT2D eigenvalue weighted by atomic mass is 32.2. The number of imidazole rings is 1. The largest absolute Gasteiger partial charge is 0.335 e. The SMILES string of the molecule is CC(C)CCCCNS(=O)(=O)c1cnc[nH]1. The quantitative estimate of drug-likeness (QED) is 0.715. The standard InChI is InChI=1S/C10H19N3O2S/c1-9(2)5-3-4-6-13-16(14,15)10-7-11-8-12-10/h7-9,13H,3-6H2,1-2H3,(H,11,12). The predicted octanol–water partition coefficient (Wildman–Crippen LogP) is 1.51. The first-order valence-corrected chi connectivity index (χ1v) is 6.98. The Hall–Kier alpha value is -0.880. The third kappa shape index (κ3) is 4.32. The Morgan fingerprint density at radius 3 is 2.75 bits per heavy atom. The molecule has 1 aromatic heterocycles. The van der Waals surface area contributed by atoms with E-state index in [1.807, 2.05) is 0 Å². The van der Waals surface area contributed by atoms with E-state index in [0.29, 0.717) is 12.5 Å².